The molecule has 0 aliphatic carbocycles. The van der Waals surface area contributed by atoms with Gasteiger partial charge in [0.2, 0.25) is 0 Å². The third kappa shape index (κ3) is 4.81. The van der Waals surface area contributed by atoms with Crippen LogP contribution in [0.1, 0.15) is 28.4 Å². The normalized spacial score (nSPS) is 12.1. The Hall–Kier alpha value is -1.89. The Kier molecular flexibility index (Phi) is 6.44. The van der Waals surface area contributed by atoms with Crippen LogP contribution in [0.25, 0.3) is 0 Å². The summed E-state index contributed by atoms with van der Waals surface area (Å²) in [6.07, 6.45) is 2.81. The van der Waals surface area contributed by atoms with Crippen molar-refractivity contribution in [2.75, 3.05) is 13.7 Å². The van der Waals surface area contributed by atoms with E-state index in [0.717, 1.165) is 35.0 Å². The van der Waals surface area contributed by atoms with Crippen molar-refractivity contribution in [3.8, 4) is 11.5 Å². The van der Waals surface area contributed by atoms with E-state index in [2.05, 4.69) is 33.9 Å². The predicted octanol–water partition coefficient (Wildman–Crippen LogP) is 4.69. The van der Waals surface area contributed by atoms with Gasteiger partial charge in [-0.05, 0) is 36.1 Å². The average Bonchev–Trinajstić information content (AvgIpc) is 3.33. The van der Waals surface area contributed by atoms with Crippen LogP contribution in [0, 0.1) is 0 Å². The molecule has 1 atom stereocenters. The summed E-state index contributed by atoms with van der Waals surface area (Å²) >= 11 is 3.48. The van der Waals surface area contributed by atoms with Crippen LogP contribution in [0.15, 0.2) is 47.3 Å². The van der Waals surface area contributed by atoms with Crippen molar-refractivity contribution in [1.82, 2.24) is 10.3 Å². The number of methoxy groups -OCH3 is 1. The molecule has 0 fully saturated rings. The maximum absolute atomic E-state index is 5.67. The zero-order valence-corrected chi connectivity index (χ0v) is 16.0. The molecule has 1 N–H and O–H groups in total. The highest BCUT2D eigenvalue weighted by Crippen LogP contribution is 2.29. The molecule has 2 aromatic heterocycles. The number of hydrogen-bond acceptors (Lipinski definition) is 6. The molecule has 4 nitrogen and oxygen atoms in total. The van der Waals surface area contributed by atoms with Crippen molar-refractivity contribution in [1.29, 1.82) is 0 Å². The summed E-state index contributed by atoms with van der Waals surface area (Å²) in [5, 5.41) is 8.90. The van der Waals surface area contributed by atoms with E-state index in [9.17, 15) is 0 Å². The highest BCUT2D eigenvalue weighted by molar-refractivity contribution is 7.10. The maximum atomic E-state index is 5.67. The lowest BCUT2D eigenvalue weighted by atomic mass is 10.1. The smallest absolute Gasteiger partial charge is 0.161 e. The number of benzene rings is 1. The summed E-state index contributed by atoms with van der Waals surface area (Å²) in [6, 6.07) is 10.5. The van der Waals surface area contributed by atoms with Crippen LogP contribution >= 0.6 is 22.7 Å². The Balaban J connectivity index is 1.71. The summed E-state index contributed by atoms with van der Waals surface area (Å²) in [6.45, 7) is 3.34. The predicted molar refractivity (Wildman–Crippen MR) is 104 cm³/mol. The molecule has 1 aromatic carbocycles. The fourth-order valence-corrected chi connectivity index (χ4v) is 4.09. The van der Waals surface area contributed by atoms with E-state index in [0.29, 0.717) is 6.61 Å². The van der Waals surface area contributed by atoms with E-state index < -0.39 is 0 Å². The molecule has 132 valence electrons. The summed E-state index contributed by atoms with van der Waals surface area (Å²) < 4.78 is 11.0. The van der Waals surface area contributed by atoms with Crippen LogP contribution in [0.3, 0.4) is 0 Å². The van der Waals surface area contributed by atoms with Crippen LogP contribution in [-0.4, -0.2) is 18.7 Å². The van der Waals surface area contributed by atoms with Crippen LogP contribution < -0.4 is 14.8 Å². The number of aromatic nitrogens is 1. The number of nitrogens with one attached hydrogen (secondary N) is 1. The Morgan fingerprint density at radius 2 is 2.08 bits per heavy atom. The van der Waals surface area contributed by atoms with Crippen LogP contribution in [0.2, 0.25) is 0 Å². The van der Waals surface area contributed by atoms with Crippen molar-refractivity contribution in [3.05, 3.63) is 62.7 Å². The first-order valence-corrected chi connectivity index (χ1v) is 10.0. The monoisotopic (exact) mass is 374 g/mol. The molecule has 0 aliphatic rings. The van der Waals surface area contributed by atoms with Gasteiger partial charge in [0.05, 0.1) is 19.8 Å². The number of thiophene rings is 1. The van der Waals surface area contributed by atoms with Gasteiger partial charge in [0, 0.05) is 29.4 Å². The standard InChI is InChI=1S/C19H22N2O2S2/c1-3-23-18-11-14(6-7-17(18)22-2)13-21-16(19-20-8-10-25-19)12-15-5-4-9-24-15/h4-11,16,21H,3,12-13H2,1-2H3. The molecule has 0 aliphatic heterocycles. The molecule has 0 amide bonds. The minimum atomic E-state index is 0.205. The third-order valence-electron chi connectivity index (χ3n) is 3.82. The first-order chi connectivity index (χ1) is 12.3. The molecule has 1 unspecified atom stereocenters. The van der Waals surface area contributed by atoms with Crippen molar-refractivity contribution in [2.24, 2.45) is 0 Å². The van der Waals surface area contributed by atoms with Gasteiger partial charge in [-0.3, -0.25) is 0 Å². The van der Waals surface area contributed by atoms with Gasteiger partial charge in [0.1, 0.15) is 5.01 Å². The second kappa shape index (κ2) is 8.99. The van der Waals surface area contributed by atoms with E-state index in [-0.39, 0.29) is 6.04 Å². The van der Waals surface area contributed by atoms with Gasteiger partial charge in [-0.15, -0.1) is 22.7 Å². The Labute approximate surface area is 156 Å². The molecule has 0 saturated heterocycles. The second-order valence-electron chi connectivity index (χ2n) is 5.51. The van der Waals surface area contributed by atoms with Crippen molar-refractivity contribution >= 4 is 22.7 Å². The van der Waals surface area contributed by atoms with E-state index in [4.69, 9.17) is 9.47 Å². The first kappa shape index (κ1) is 17.9. The summed E-state index contributed by atoms with van der Waals surface area (Å²) in [7, 11) is 1.66. The number of hydrogen-bond donors (Lipinski definition) is 1. The lowest BCUT2D eigenvalue weighted by molar-refractivity contribution is 0.310. The molecule has 25 heavy (non-hydrogen) atoms. The van der Waals surface area contributed by atoms with Crippen molar-refractivity contribution in [2.45, 2.75) is 25.9 Å². The molecule has 0 bridgehead atoms. The zero-order valence-electron chi connectivity index (χ0n) is 14.4. The van der Waals surface area contributed by atoms with Gasteiger partial charge in [-0.25, -0.2) is 4.98 Å². The minimum Gasteiger partial charge on any atom is -0.493 e. The molecular formula is C19H22N2O2S2. The van der Waals surface area contributed by atoms with E-state index in [1.54, 1.807) is 29.8 Å². The Bertz CT molecular complexity index is 758. The van der Waals surface area contributed by atoms with Gasteiger partial charge in [0.15, 0.2) is 11.5 Å². The topological polar surface area (TPSA) is 43.4 Å². The van der Waals surface area contributed by atoms with Crippen LogP contribution in [-0.2, 0) is 13.0 Å². The molecule has 0 radical (unpaired) electrons. The van der Waals surface area contributed by atoms with E-state index >= 15 is 0 Å². The third-order valence-corrected chi connectivity index (χ3v) is 5.60. The summed E-state index contributed by atoms with van der Waals surface area (Å²) in [4.78, 5) is 5.86. The van der Waals surface area contributed by atoms with Crippen molar-refractivity contribution < 1.29 is 9.47 Å². The van der Waals surface area contributed by atoms with Gasteiger partial charge < -0.3 is 14.8 Å². The Morgan fingerprint density at radius 3 is 2.76 bits per heavy atom. The molecular weight excluding hydrogens is 352 g/mol. The quantitative estimate of drug-likeness (QED) is 0.590. The number of thiazole rings is 1. The molecule has 3 aromatic rings. The van der Waals surface area contributed by atoms with Gasteiger partial charge in [-0.2, -0.15) is 0 Å². The lowest BCUT2D eigenvalue weighted by Gasteiger charge is -2.17. The fraction of sp³-hybridized carbons (Fsp3) is 0.316. The zero-order chi connectivity index (χ0) is 17.5. The molecule has 0 saturated carbocycles. The average molecular weight is 375 g/mol. The fourth-order valence-electron chi connectivity index (χ4n) is 2.62. The number of ether oxygens (including phenoxy) is 2. The highest BCUT2D eigenvalue weighted by atomic mass is 32.1. The SMILES string of the molecule is CCOc1cc(CNC(Cc2cccs2)c2nccs2)ccc1OC. The van der Waals surface area contributed by atoms with Gasteiger partial charge >= 0.3 is 0 Å². The number of nitrogens with zero attached hydrogens (tertiary/aromatic N) is 1. The molecule has 6 heteroatoms. The Morgan fingerprint density at radius 1 is 1.16 bits per heavy atom. The van der Waals surface area contributed by atoms with E-state index in [1.165, 1.54) is 4.88 Å². The largest absolute Gasteiger partial charge is 0.493 e. The molecule has 0 spiro atoms. The van der Waals surface area contributed by atoms with Crippen LogP contribution in [0.5, 0.6) is 11.5 Å². The first-order valence-electron chi connectivity index (χ1n) is 8.25. The molecule has 3 rings (SSSR count). The summed E-state index contributed by atoms with van der Waals surface area (Å²) in [5.41, 5.74) is 1.16. The molecule has 2 heterocycles. The summed E-state index contributed by atoms with van der Waals surface area (Å²) in [5.74, 6) is 1.55. The highest BCUT2D eigenvalue weighted by Gasteiger charge is 2.15. The van der Waals surface area contributed by atoms with E-state index in [1.807, 2.05) is 30.6 Å². The maximum Gasteiger partial charge on any atom is 0.161 e. The lowest BCUT2D eigenvalue weighted by Crippen LogP contribution is -2.22. The van der Waals surface area contributed by atoms with Crippen LogP contribution in [0.4, 0.5) is 0 Å². The van der Waals surface area contributed by atoms with Gasteiger partial charge in [-0.1, -0.05) is 12.1 Å². The second-order valence-corrected chi connectivity index (χ2v) is 7.46. The van der Waals surface area contributed by atoms with Crippen molar-refractivity contribution in [3.63, 3.8) is 0 Å². The van der Waals surface area contributed by atoms with Gasteiger partial charge in [0.25, 0.3) is 0 Å². The minimum absolute atomic E-state index is 0.205. The number of rotatable bonds is 9.